The summed E-state index contributed by atoms with van der Waals surface area (Å²) in [7, 11) is -1.09. The topological polar surface area (TPSA) is 198 Å². The van der Waals surface area contributed by atoms with Crippen LogP contribution >= 0.6 is 34.8 Å². The van der Waals surface area contributed by atoms with Gasteiger partial charge in [0, 0.05) is 24.1 Å². The highest BCUT2D eigenvalue weighted by atomic mass is 35.5. The second-order valence-electron chi connectivity index (χ2n) is 13.9. The summed E-state index contributed by atoms with van der Waals surface area (Å²) >= 11 is 18.4. The molecule has 4 aromatic carbocycles. The van der Waals surface area contributed by atoms with Crippen molar-refractivity contribution in [1.82, 2.24) is 19.1 Å². The SMILES string of the molecule is CCC(CC)c1cc(Cl)c(OC)c2nc(Nc3ccc(Cl)cc3S(N)(=O)=O)n(C)c12.CCC(CC)c1ccc(OC)c2nc(Nc3ccc(Cl)cc3S(N)(=O)=O)n(C)c12. The van der Waals surface area contributed by atoms with E-state index in [2.05, 4.69) is 49.4 Å². The molecular weight excluding hydrogens is 859 g/mol. The number of halogens is 3. The third-order valence-electron chi connectivity index (χ3n) is 10.4. The second-order valence-corrected chi connectivity index (χ2v) is 18.2. The van der Waals surface area contributed by atoms with Crippen molar-refractivity contribution in [2.24, 2.45) is 24.4 Å². The van der Waals surface area contributed by atoms with Crippen LogP contribution in [-0.2, 0) is 34.1 Å². The summed E-state index contributed by atoms with van der Waals surface area (Å²) < 4.78 is 62.9. The molecule has 318 valence electrons. The number of hydrogen-bond donors (Lipinski definition) is 4. The van der Waals surface area contributed by atoms with Crippen LogP contribution in [0.15, 0.2) is 64.4 Å². The van der Waals surface area contributed by atoms with Crippen molar-refractivity contribution in [3.8, 4) is 11.5 Å². The van der Waals surface area contributed by atoms with Crippen molar-refractivity contribution < 1.29 is 26.3 Å². The summed E-state index contributed by atoms with van der Waals surface area (Å²) in [5, 5.41) is 17.9. The molecule has 2 aromatic heterocycles. The van der Waals surface area contributed by atoms with E-state index in [-0.39, 0.29) is 31.4 Å². The largest absolute Gasteiger partial charge is 0.494 e. The average Bonchev–Trinajstić information content (AvgIpc) is 3.68. The highest BCUT2D eigenvalue weighted by molar-refractivity contribution is 7.89. The third-order valence-corrected chi connectivity index (χ3v) is 13.0. The molecule has 0 spiro atoms. The fourth-order valence-corrected chi connectivity index (χ4v) is 9.48. The van der Waals surface area contributed by atoms with Gasteiger partial charge in [-0.3, -0.25) is 0 Å². The normalized spacial score (nSPS) is 12.0. The number of imidazole rings is 2. The molecule has 0 atom stereocenters. The zero-order valence-corrected chi connectivity index (χ0v) is 37.9. The lowest BCUT2D eigenvalue weighted by Crippen LogP contribution is -2.14. The molecule has 0 unspecified atom stereocenters. The lowest BCUT2D eigenvalue weighted by molar-refractivity contribution is 0.418. The van der Waals surface area contributed by atoms with Crippen LogP contribution in [0.25, 0.3) is 22.1 Å². The number of anilines is 4. The number of primary sulfonamides is 2. The number of ether oxygens (including phenoxy) is 2. The van der Waals surface area contributed by atoms with E-state index in [1.54, 1.807) is 31.4 Å². The zero-order chi connectivity index (χ0) is 43.6. The second kappa shape index (κ2) is 18.5. The maximum Gasteiger partial charge on any atom is 0.240 e. The minimum absolute atomic E-state index is 0.0933. The molecule has 19 heteroatoms. The molecule has 59 heavy (non-hydrogen) atoms. The Kier molecular flexibility index (Phi) is 14.4. The van der Waals surface area contributed by atoms with Gasteiger partial charge in [0.2, 0.25) is 31.9 Å². The molecule has 0 saturated carbocycles. The molecule has 0 fully saturated rings. The van der Waals surface area contributed by atoms with Crippen LogP contribution in [0.3, 0.4) is 0 Å². The van der Waals surface area contributed by atoms with Gasteiger partial charge in [0.1, 0.15) is 26.6 Å². The number of aryl methyl sites for hydroxylation is 2. The van der Waals surface area contributed by atoms with Crippen molar-refractivity contribution in [2.75, 3.05) is 24.9 Å². The van der Waals surface area contributed by atoms with Crippen LogP contribution in [0.2, 0.25) is 15.1 Å². The molecule has 0 saturated heterocycles. The van der Waals surface area contributed by atoms with Crippen molar-refractivity contribution in [3.63, 3.8) is 0 Å². The van der Waals surface area contributed by atoms with Gasteiger partial charge >= 0.3 is 0 Å². The fourth-order valence-electron chi connectivity index (χ4n) is 7.29. The van der Waals surface area contributed by atoms with E-state index >= 15 is 0 Å². The van der Waals surface area contributed by atoms with Crippen molar-refractivity contribution in [3.05, 3.63) is 80.8 Å². The summed E-state index contributed by atoms with van der Waals surface area (Å²) in [5.74, 6) is 2.68. The first-order chi connectivity index (χ1) is 27.8. The van der Waals surface area contributed by atoms with Gasteiger partial charge in [-0.05, 0) is 97.2 Å². The maximum atomic E-state index is 12.0. The molecule has 0 aliphatic rings. The Morgan fingerprint density at radius 2 is 1.08 bits per heavy atom. The number of rotatable bonds is 14. The van der Waals surface area contributed by atoms with Crippen LogP contribution in [0.5, 0.6) is 11.5 Å². The number of aromatic nitrogens is 4. The summed E-state index contributed by atoms with van der Waals surface area (Å²) in [6.45, 7) is 8.57. The predicted octanol–water partition coefficient (Wildman–Crippen LogP) is 9.71. The molecule has 6 aromatic rings. The third kappa shape index (κ3) is 9.54. The fraction of sp³-hybridized carbons (Fsp3) is 0.350. The Hall–Kier alpha value is -4.29. The zero-order valence-electron chi connectivity index (χ0n) is 34.0. The van der Waals surface area contributed by atoms with E-state index < -0.39 is 20.0 Å². The molecule has 2 heterocycles. The van der Waals surface area contributed by atoms with Crippen LogP contribution in [-0.4, -0.2) is 50.2 Å². The maximum absolute atomic E-state index is 12.0. The smallest absolute Gasteiger partial charge is 0.240 e. The molecule has 0 bridgehead atoms. The van der Waals surface area contributed by atoms with Crippen LogP contribution in [0.1, 0.15) is 76.3 Å². The van der Waals surface area contributed by atoms with Gasteiger partial charge in [0.05, 0.1) is 41.7 Å². The first-order valence-electron chi connectivity index (χ1n) is 18.8. The molecule has 6 N–H and O–H groups in total. The van der Waals surface area contributed by atoms with Gasteiger partial charge < -0.3 is 29.2 Å². The van der Waals surface area contributed by atoms with E-state index in [0.29, 0.717) is 51.1 Å². The number of fused-ring (bicyclic) bond motifs is 2. The Balaban J connectivity index is 0.000000224. The predicted molar refractivity (Wildman–Crippen MR) is 238 cm³/mol. The Labute approximate surface area is 360 Å². The summed E-state index contributed by atoms with van der Waals surface area (Å²) in [6.07, 6.45) is 3.88. The Morgan fingerprint density at radius 1 is 0.644 bits per heavy atom. The number of methoxy groups -OCH3 is 2. The van der Waals surface area contributed by atoms with Crippen molar-refractivity contribution in [2.45, 2.75) is 75.0 Å². The van der Waals surface area contributed by atoms with Crippen LogP contribution in [0, 0.1) is 0 Å². The van der Waals surface area contributed by atoms with Crippen LogP contribution in [0.4, 0.5) is 23.3 Å². The quantitative estimate of drug-likeness (QED) is 0.0816. The van der Waals surface area contributed by atoms with Gasteiger partial charge in [-0.15, -0.1) is 0 Å². The monoisotopic (exact) mass is 906 g/mol. The van der Waals surface area contributed by atoms with Gasteiger partial charge in [-0.1, -0.05) is 68.6 Å². The minimum atomic E-state index is -4.00. The lowest BCUT2D eigenvalue weighted by Gasteiger charge is -2.17. The van der Waals surface area contributed by atoms with E-state index in [4.69, 9.17) is 59.5 Å². The minimum Gasteiger partial charge on any atom is -0.494 e. The molecule has 0 aliphatic heterocycles. The van der Waals surface area contributed by atoms with Gasteiger partial charge in [-0.2, -0.15) is 0 Å². The van der Waals surface area contributed by atoms with E-state index in [0.717, 1.165) is 42.3 Å². The standard InChI is InChI=1S/C20H24Cl2N4O3S.C20H25ClN4O3S/c1-5-11(6-2)13-10-14(22)19(29-4)17-18(13)26(3)20(25-17)24-15-8-7-12(21)9-16(15)30(23,27)28;1-5-12(6-2)14-8-10-16(28-4)18-19(14)25(3)20(24-18)23-15-9-7-13(21)11-17(15)29(22,26)27/h7-11H,5-6H2,1-4H3,(H,24,25)(H2,23,27,28);7-12H,5-6H2,1-4H3,(H,23,24)(H2,22,26,27). The van der Waals surface area contributed by atoms with Gasteiger partial charge in [0.15, 0.2) is 5.75 Å². The van der Waals surface area contributed by atoms with Gasteiger partial charge in [-0.25, -0.2) is 37.1 Å². The molecular formula is C40H49Cl3N8O6S2. The molecule has 6 rings (SSSR count). The molecule has 14 nitrogen and oxygen atoms in total. The molecule has 0 aliphatic carbocycles. The molecule has 0 amide bonds. The first kappa shape index (κ1) is 45.8. The Bertz CT molecular complexity index is 2730. The lowest BCUT2D eigenvalue weighted by atomic mass is 9.92. The van der Waals surface area contributed by atoms with Crippen LogP contribution < -0.4 is 30.4 Å². The number of hydrogen-bond acceptors (Lipinski definition) is 10. The molecule has 0 radical (unpaired) electrons. The summed E-state index contributed by atoms with van der Waals surface area (Å²) in [6, 6.07) is 14.8. The number of benzene rings is 4. The number of sulfonamides is 2. The first-order valence-corrected chi connectivity index (χ1v) is 23.0. The summed E-state index contributed by atoms with van der Waals surface area (Å²) in [4.78, 5) is 9.15. The number of nitrogens with two attached hydrogens (primary N) is 2. The number of nitrogens with one attached hydrogen (secondary N) is 2. The Morgan fingerprint density at radius 3 is 1.51 bits per heavy atom. The average molecular weight is 908 g/mol. The van der Waals surface area contributed by atoms with E-state index in [1.165, 1.54) is 24.8 Å². The number of nitrogens with zero attached hydrogens (tertiary/aromatic N) is 4. The van der Waals surface area contributed by atoms with Crippen molar-refractivity contribution >= 4 is 100 Å². The summed E-state index contributed by atoms with van der Waals surface area (Å²) in [5.41, 5.74) is 5.96. The van der Waals surface area contributed by atoms with E-state index in [9.17, 15) is 16.8 Å². The van der Waals surface area contributed by atoms with Crippen molar-refractivity contribution in [1.29, 1.82) is 0 Å². The van der Waals surface area contributed by atoms with E-state index in [1.807, 2.05) is 35.4 Å². The highest BCUT2D eigenvalue weighted by Crippen LogP contribution is 2.42. The highest BCUT2D eigenvalue weighted by Gasteiger charge is 2.25. The van der Waals surface area contributed by atoms with Gasteiger partial charge in [0.25, 0.3) is 0 Å².